The van der Waals surface area contributed by atoms with E-state index in [0.717, 1.165) is 36.3 Å². The van der Waals surface area contributed by atoms with Crippen LogP contribution in [0.2, 0.25) is 0 Å². The maximum Gasteiger partial charge on any atom is 0.252 e. The van der Waals surface area contributed by atoms with Gasteiger partial charge in [-0.25, -0.2) is 0 Å². The lowest BCUT2D eigenvalue weighted by molar-refractivity contribution is 0.332. The van der Waals surface area contributed by atoms with Crippen molar-refractivity contribution in [3.05, 3.63) is 178 Å². The fourth-order valence-electron chi connectivity index (χ4n) is 13.5. The van der Waals surface area contributed by atoms with Crippen molar-refractivity contribution in [2.75, 3.05) is 14.7 Å². The molecule has 4 aliphatic rings. The van der Waals surface area contributed by atoms with Gasteiger partial charge in [-0.3, -0.25) is 0 Å². The highest BCUT2D eigenvalue weighted by Crippen LogP contribution is 2.56. The first kappa shape index (κ1) is 47.3. The van der Waals surface area contributed by atoms with Crippen LogP contribution in [-0.4, -0.2) is 6.71 Å². The molecule has 0 atom stereocenters. The molecule has 0 N–H and O–H groups in total. The van der Waals surface area contributed by atoms with Crippen LogP contribution in [0.25, 0.3) is 0 Å². The van der Waals surface area contributed by atoms with E-state index in [1.807, 2.05) is 0 Å². The van der Waals surface area contributed by atoms with Gasteiger partial charge in [-0.15, -0.1) is 0 Å². The summed E-state index contributed by atoms with van der Waals surface area (Å²) in [4.78, 5) is 7.86. The summed E-state index contributed by atoms with van der Waals surface area (Å²) < 4.78 is 0. The van der Waals surface area contributed by atoms with Crippen LogP contribution < -0.4 is 31.1 Å². The molecule has 0 radical (unpaired) electrons. The second kappa shape index (κ2) is 15.8. The van der Waals surface area contributed by atoms with E-state index in [2.05, 4.69) is 259 Å². The summed E-state index contributed by atoms with van der Waals surface area (Å²) in [5, 5.41) is 0. The van der Waals surface area contributed by atoms with Gasteiger partial charge in [-0.1, -0.05) is 170 Å². The lowest BCUT2D eigenvalue weighted by Crippen LogP contribution is -2.62. The molecule has 7 aromatic carbocycles. The molecule has 0 saturated carbocycles. The van der Waals surface area contributed by atoms with Crippen molar-refractivity contribution in [3.8, 4) is 0 Å². The predicted molar refractivity (Wildman–Crippen MR) is 308 cm³/mol. The molecule has 11 rings (SSSR count). The summed E-state index contributed by atoms with van der Waals surface area (Å²) in [5.74, 6) is 0. The fraction of sp³-hybridized carbons (Fsp3) is 0.373. The number of hydrogen-bond acceptors (Lipinski definition) is 3. The maximum absolute atomic E-state index is 2.74. The maximum atomic E-state index is 2.74. The van der Waals surface area contributed by atoms with Gasteiger partial charge in [0.1, 0.15) is 0 Å². The van der Waals surface area contributed by atoms with Crippen LogP contribution in [0.1, 0.15) is 161 Å². The van der Waals surface area contributed by atoms with Crippen molar-refractivity contribution in [1.82, 2.24) is 0 Å². The van der Waals surface area contributed by atoms with Gasteiger partial charge < -0.3 is 14.7 Å². The molecular formula is C67H76BN3. The first-order valence-corrected chi connectivity index (χ1v) is 26.6. The van der Waals surface area contributed by atoms with Crippen LogP contribution in [0.15, 0.2) is 133 Å². The quantitative estimate of drug-likeness (QED) is 0.159. The Morgan fingerprint density at radius 1 is 0.408 bits per heavy atom. The molecule has 2 aliphatic heterocycles. The Kier molecular flexibility index (Phi) is 10.5. The van der Waals surface area contributed by atoms with Gasteiger partial charge in [0.25, 0.3) is 6.71 Å². The molecule has 7 aromatic rings. The molecule has 4 heteroatoms. The smallest absolute Gasteiger partial charge is 0.252 e. The molecule has 2 heterocycles. The summed E-state index contributed by atoms with van der Waals surface area (Å²) >= 11 is 0. The average molecular weight is 934 g/mol. The third-order valence-electron chi connectivity index (χ3n) is 17.4. The summed E-state index contributed by atoms with van der Waals surface area (Å²) in [7, 11) is 0. The van der Waals surface area contributed by atoms with Crippen LogP contribution in [0, 0.1) is 13.8 Å². The van der Waals surface area contributed by atoms with Crippen LogP contribution in [0.3, 0.4) is 0 Å². The minimum absolute atomic E-state index is 0.0128. The number of aryl methyl sites for hydroxylation is 2. The van der Waals surface area contributed by atoms with E-state index in [-0.39, 0.29) is 39.2 Å². The molecule has 0 bridgehead atoms. The standard InChI is InChI=1S/C67H76BN3/c1-42-33-44(62(3,4)5)27-29-55(42)70-56-30-28-45(63(6,7)8)35-53(56)68-54-38-50-51(65(11,12)32-31-64(50,9)10)40-58(54)71(57-39-52-49(34-43(57)2)66(13,14)41-67(52,15)16)60-37-48(36-59(70)61(60)68)69(46-23-19-17-20-24-46)47-25-21-18-22-26-47/h17-30,33-40H,31-32,41H2,1-16H3. The lowest BCUT2D eigenvalue weighted by Gasteiger charge is -2.48. The van der Waals surface area contributed by atoms with E-state index < -0.39 is 0 Å². The summed E-state index contributed by atoms with van der Waals surface area (Å²) in [6, 6.07) is 52.3. The van der Waals surface area contributed by atoms with Crippen molar-refractivity contribution >= 4 is 74.3 Å². The van der Waals surface area contributed by atoms with Crippen LogP contribution in [-0.2, 0) is 32.5 Å². The van der Waals surface area contributed by atoms with Crippen LogP contribution in [0.5, 0.6) is 0 Å². The largest absolute Gasteiger partial charge is 0.311 e. The molecule has 71 heavy (non-hydrogen) atoms. The monoisotopic (exact) mass is 934 g/mol. The zero-order valence-corrected chi connectivity index (χ0v) is 45.7. The van der Waals surface area contributed by atoms with Crippen molar-refractivity contribution in [1.29, 1.82) is 0 Å². The Balaban J connectivity index is 1.33. The summed E-state index contributed by atoms with van der Waals surface area (Å²) in [6.07, 6.45) is 3.44. The Bertz CT molecular complexity index is 3250. The highest BCUT2D eigenvalue weighted by molar-refractivity contribution is 7.00. The van der Waals surface area contributed by atoms with E-state index >= 15 is 0 Å². The van der Waals surface area contributed by atoms with E-state index in [0.29, 0.717) is 0 Å². The van der Waals surface area contributed by atoms with Crippen molar-refractivity contribution in [2.45, 2.75) is 163 Å². The number of benzene rings is 7. The van der Waals surface area contributed by atoms with E-state index in [1.54, 1.807) is 0 Å². The van der Waals surface area contributed by atoms with Crippen LogP contribution in [0.4, 0.5) is 51.2 Å². The molecule has 0 fully saturated rings. The first-order chi connectivity index (χ1) is 33.3. The topological polar surface area (TPSA) is 9.72 Å². The van der Waals surface area contributed by atoms with Crippen molar-refractivity contribution in [3.63, 3.8) is 0 Å². The van der Waals surface area contributed by atoms with Crippen molar-refractivity contribution in [2.24, 2.45) is 0 Å². The summed E-state index contributed by atoms with van der Waals surface area (Å²) in [6.45, 7) is 38.6. The second-order valence-electron chi connectivity index (χ2n) is 26.6. The fourth-order valence-corrected chi connectivity index (χ4v) is 13.5. The molecule has 0 amide bonds. The highest BCUT2D eigenvalue weighted by atomic mass is 15.2. The van der Waals surface area contributed by atoms with Gasteiger partial charge in [-0.05, 0) is 187 Å². The third kappa shape index (κ3) is 7.51. The molecule has 362 valence electrons. The molecule has 0 aromatic heterocycles. The first-order valence-electron chi connectivity index (χ1n) is 26.6. The number of rotatable bonds is 5. The zero-order valence-electron chi connectivity index (χ0n) is 45.7. The Hall–Kier alpha value is -6.00. The number of fused-ring (bicyclic) bond motifs is 6. The van der Waals surface area contributed by atoms with E-state index in [9.17, 15) is 0 Å². The average Bonchev–Trinajstić information content (AvgIpc) is 3.48. The van der Waals surface area contributed by atoms with Gasteiger partial charge in [0.15, 0.2) is 0 Å². The van der Waals surface area contributed by atoms with Gasteiger partial charge in [0.05, 0.1) is 5.69 Å². The zero-order chi connectivity index (χ0) is 50.5. The number of nitrogens with zero attached hydrogens (tertiary/aromatic N) is 3. The molecule has 3 nitrogen and oxygen atoms in total. The third-order valence-corrected chi connectivity index (χ3v) is 17.4. The van der Waals surface area contributed by atoms with Gasteiger partial charge in [0.2, 0.25) is 0 Å². The Morgan fingerprint density at radius 3 is 1.38 bits per heavy atom. The minimum atomic E-state index is -0.0452. The molecule has 0 spiro atoms. The minimum Gasteiger partial charge on any atom is -0.311 e. The van der Waals surface area contributed by atoms with Crippen molar-refractivity contribution < 1.29 is 0 Å². The summed E-state index contributed by atoms with van der Waals surface area (Å²) in [5.41, 5.74) is 26.5. The molecular weight excluding hydrogens is 858 g/mol. The highest BCUT2D eigenvalue weighted by Gasteiger charge is 2.49. The number of hydrogen-bond donors (Lipinski definition) is 0. The SMILES string of the molecule is Cc1cc(C(C)(C)C)ccc1N1c2ccc(C(C)(C)C)cc2B2c3cc4c(cc3N(c3cc5c(cc3C)C(C)(C)CC5(C)C)c3cc(N(c5ccccc5)c5ccccc5)cc1c32)C(C)(C)CCC4(C)C. The normalized spacial score (nSPS) is 17.8. The predicted octanol–water partition coefficient (Wildman–Crippen LogP) is 16.8. The number of para-hydroxylation sites is 2. The Labute approximate surface area is 427 Å². The molecule has 2 aliphatic carbocycles. The van der Waals surface area contributed by atoms with Gasteiger partial charge in [0, 0.05) is 45.5 Å². The van der Waals surface area contributed by atoms with Gasteiger partial charge >= 0.3 is 0 Å². The van der Waals surface area contributed by atoms with Crippen LogP contribution >= 0.6 is 0 Å². The Morgan fingerprint density at radius 2 is 0.845 bits per heavy atom. The van der Waals surface area contributed by atoms with E-state index in [4.69, 9.17) is 0 Å². The molecule has 0 unspecified atom stereocenters. The van der Waals surface area contributed by atoms with Gasteiger partial charge in [-0.2, -0.15) is 0 Å². The second-order valence-corrected chi connectivity index (χ2v) is 26.6. The molecule has 0 saturated heterocycles. The van der Waals surface area contributed by atoms with E-state index in [1.165, 1.54) is 95.0 Å². The number of anilines is 9. The lowest BCUT2D eigenvalue weighted by atomic mass is 9.33.